The first-order valence-electron chi connectivity index (χ1n) is 13.3. The van der Waals surface area contributed by atoms with Crippen LogP contribution in [0.2, 0.25) is 0 Å². The molecular weight excluding hydrogens is 469 g/mol. The monoisotopic (exact) mass is 507 g/mol. The Morgan fingerprint density at radius 1 is 0.946 bits per heavy atom. The molecule has 2 aliphatic heterocycles. The molecule has 1 N–H and O–H groups in total. The van der Waals surface area contributed by atoms with Crippen LogP contribution in [0.5, 0.6) is 0 Å². The van der Waals surface area contributed by atoms with E-state index in [1.807, 2.05) is 49.4 Å². The fraction of sp³-hybridized carbons (Fsp3) is 0.500. The summed E-state index contributed by atoms with van der Waals surface area (Å²) in [7, 11) is 0. The van der Waals surface area contributed by atoms with E-state index in [2.05, 4.69) is 31.3 Å². The number of rotatable bonds is 6. The summed E-state index contributed by atoms with van der Waals surface area (Å²) in [4.78, 5) is 42.4. The number of nitrogens with zero attached hydrogens (tertiary/aromatic N) is 2. The van der Waals surface area contributed by atoms with Crippen molar-refractivity contribution in [2.45, 2.75) is 77.2 Å². The van der Waals surface area contributed by atoms with Gasteiger partial charge in [0.15, 0.2) is 0 Å². The molecule has 198 valence electrons. The molecule has 2 aliphatic rings. The molecule has 0 bridgehead atoms. The number of carbonyl (C=O) groups excluding carboxylic acids is 3. The minimum absolute atomic E-state index is 0.0249. The number of hydrogen-bond acceptors (Lipinski definition) is 3. The van der Waals surface area contributed by atoms with Crippen molar-refractivity contribution in [2.75, 3.05) is 13.1 Å². The van der Waals surface area contributed by atoms with Crippen molar-refractivity contribution in [3.8, 4) is 0 Å². The fourth-order valence-corrected chi connectivity index (χ4v) is 5.72. The van der Waals surface area contributed by atoms with Gasteiger partial charge in [0.2, 0.25) is 17.7 Å². The standard InChI is InChI=1S/C30H38FN3O3/c1-19(2)22-12-14-24(15-13-22)28(23-9-6-5-7-10-23)32-29(36)27-17-25(31)18-34(27)30(37)26-11-8-16-33(20(26)3)21(4)35/h5-7,9-10,12-15,19-20,25-28H,8,11,16-18H2,1-4H3,(H,32,36). The van der Waals surface area contributed by atoms with E-state index in [0.717, 1.165) is 11.1 Å². The third kappa shape index (κ3) is 5.86. The Labute approximate surface area is 219 Å². The second-order valence-corrected chi connectivity index (χ2v) is 10.7. The quantitative estimate of drug-likeness (QED) is 0.621. The van der Waals surface area contributed by atoms with Crippen molar-refractivity contribution in [2.24, 2.45) is 5.92 Å². The number of hydrogen-bond donors (Lipinski definition) is 1. The maximum absolute atomic E-state index is 14.7. The van der Waals surface area contributed by atoms with Crippen molar-refractivity contribution < 1.29 is 18.8 Å². The highest BCUT2D eigenvalue weighted by atomic mass is 19.1. The zero-order valence-corrected chi connectivity index (χ0v) is 22.2. The van der Waals surface area contributed by atoms with Crippen molar-refractivity contribution >= 4 is 17.7 Å². The summed E-state index contributed by atoms with van der Waals surface area (Å²) in [6.45, 7) is 8.15. The molecule has 6 nitrogen and oxygen atoms in total. The van der Waals surface area contributed by atoms with Gasteiger partial charge in [-0.2, -0.15) is 0 Å². The predicted octanol–water partition coefficient (Wildman–Crippen LogP) is 4.60. The van der Waals surface area contributed by atoms with Gasteiger partial charge in [-0.05, 0) is 42.4 Å². The Morgan fingerprint density at radius 3 is 2.19 bits per heavy atom. The molecule has 0 aliphatic carbocycles. The van der Waals surface area contributed by atoms with Gasteiger partial charge in [-0.1, -0.05) is 68.4 Å². The van der Waals surface area contributed by atoms with E-state index >= 15 is 0 Å². The predicted molar refractivity (Wildman–Crippen MR) is 142 cm³/mol. The van der Waals surface area contributed by atoms with Crippen LogP contribution in [-0.2, 0) is 14.4 Å². The second-order valence-electron chi connectivity index (χ2n) is 10.7. The highest BCUT2D eigenvalue weighted by Gasteiger charge is 2.45. The molecule has 2 aromatic carbocycles. The number of piperidine rings is 1. The summed E-state index contributed by atoms with van der Waals surface area (Å²) >= 11 is 0. The lowest BCUT2D eigenvalue weighted by Crippen LogP contribution is -2.54. The van der Waals surface area contributed by atoms with Crippen LogP contribution in [0.15, 0.2) is 54.6 Å². The van der Waals surface area contributed by atoms with E-state index in [1.165, 1.54) is 17.4 Å². The molecule has 0 spiro atoms. The van der Waals surface area contributed by atoms with Crippen LogP contribution in [0.1, 0.15) is 75.6 Å². The van der Waals surface area contributed by atoms with E-state index < -0.39 is 24.2 Å². The van der Waals surface area contributed by atoms with Crippen LogP contribution < -0.4 is 5.32 Å². The summed E-state index contributed by atoms with van der Waals surface area (Å²) in [6, 6.07) is 16.3. The molecule has 4 rings (SSSR count). The highest BCUT2D eigenvalue weighted by molar-refractivity contribution is 5.90. The largest absolute Gasteiger partial charge is 0.343 e. The van der Waals surface area contributed by atoms with Crippen molar-refractivity contribution in [3.05, 3.63) is 71.3 Å². The molecular formula is C30H38FN3O3. The Kier molecular flexibility index (Phi) is 8.30. The van der Waals surface area contributed by atoms with Gasteiger partial charge < -0.3 is 15.1 Å². The number of alkyl halides is 1. The van der Waals surface area contributed by atoms with E-state index in [9.17, 15) is 18.8 Å². The fourth-order valence-electron chi connectivity index (χ4n) is 5.72. The molecule has 37 heavy (non-hydrogen) atoms. The number of amides is 3. The number of halogens is 1. The lowest BCUT2D eigenvalue weighted by atomic mass is 9.88. The van der Waals surface area contributed by atoms with Crippen molar-refractivity contribution in [3.63, 3.8) is 0 Å². The maximum Gasteiger partial charge on any atom is 0.243 e. The lowest BCUT2D eigenvalue weighted by molar-refractivity contribution is -0.147. The minimum Gasteiger partial charge on any atom is -0.343 e. The van der Waals surface area contributed by atoms with Crippen LogP contribution in [0.25, 0.3) is 0 Å². The molecule has 2 aromatic rings. The molecule has 3 amide bonds. The normalized spacial score (nSPS) is 24.7. The van der Waals surface area contributed by atoms with Gasteiger partial charge in [0.25, 0.3) is 0 Å². The van der Waals surface area contributed by atoms with Gasteiger partial charge in [0, 0.05) is 25.9 Å². The average Bonchev–Trinajstić information content (AvgIpc) is 3.29. The van der Waals surface area contributed by atoms with Gasteiger partial charge in [0.1, 0.15) is 12.2 Å². The van der Waals surface area contributed by atoms with Crippen LogP contribution in [0, 0.1) is 5.92 Å². The Morgan fingerprint density at radius 2 is 1.57 bits per heavy atom. The molecule has 5 unspecified atom stereocenters. The average molecular weight is 508 g/mol. The summed E-state index contributed by atoms with van der Waals surface area (Å²) < 4.78 is 14.7. The van der Waals surface area contributed by atoms with E-state index in [1.54, 1.807) is 4.90 Å². The third-order valence-electron chi connectivity index (χ3n) is 7.90. The van der Waals surface area contributed by atoms with Gasteiger partial charge in [0.05, 0.1) is 18.5 Å². The molecule has 2 saturated heterocycles. The first-order chi connectivity index (χ1) is 17.7. The SMILES string of the molecule is CC(=O)N1CCCC(C(=O)N2CC(F)CC2C(=O)NC(c2ccccc2)c2ccc(C(C)C)cc2)C1C. The van der Waals surface area contributed by atoms with E-state index in [0.29, 0.717) is 25.3 Å². The van der Waals surface area contributed by atoms with E-state index in [4.69, 9.17) is 0 Å². The Bertz CT molecular complexity index is 1100. The van der Waals surface area contributed by atoms with Gasteiger partial charge in [-0.15, -0.1) is 0 Å². The summed E-state index contributed by atoms with van der Waals surface area (Å²) in [5.41, 5.74) is 3.05. The van der Waals surface area contributed by atoms with Crippen LogP contribution >= 0.6 is 0 Å². The molecule has 2 heterocycles. The summed E-state index contributed by atoms with van der Waals surface area (Å²) in [5.74, 6) is -0.719. The van der Waals surface area contributed by atoms with Crippen LogP contribution in [0.4, 0.5) is 4.39 Å². The van der Waals surface area contributed by atoms with Gasteiger partial charge in [-0.3, -0.25) is 14.4 Å². The Hall–Kier alpha value is -3.22. The molecule has 0 radical (unpaired) electrons. The highest BCUT2D eigenvalue weighted by Crippen LogP contribution is 2.31. The van der Waals surface area contributed by atoms with Crippen LogP contribution in [-0.4, -0.2) is 58.9 Å². The van der Waals surface area contributed by atoms with E-state index in [-0.39, 0.29) is 36.7 Å². The third-order valence-corrected chi connectivity index (χ3v) is 7.90. The first kappa shape index (κ1) is 26.8. The number of benzene rings is 2. The molecule has 2 fully saturated rings. The molecule has 7 heteroatoms. The van der Waals surface area contributed by atoms with Gasteiger partial charge in [-0.25, -0.2) is 4.39 Å². The number of nitrogens with one attached hydrogen (secondary N) is 1. The number of carbonyl (C=O) groups is 3. The summed E-state index contributed by atoms with van der Waals surface area (Å²) in [5, 5.41) is 3.12. The topological polar surface area (TPSA) is 69.7 Å². The molecule has 5 atom stereocenters. The second kappa shape index (κ2) is 11.4. The zero-order chi connectivity index (χ0) is 26.7. The maximum atomic E-state index is 14.7. The number of likely N-dealkylation sites (tertiary alicyclic amines) is 2. The molecule has 0 saturated carbocycles. The Balaban J connectivity index is 1.57. The molecule has 0 aromatic heterocycles. The van der Waals surface area contributed by atoms with Gasteiger partial charge >= 0.3 is 0 Å². The van der Waals surface area contributed by atoms with Crippen molar-refractivity contribution in [1.82, 2.24) is 15.1 Å². The zero-order valence-electron chi connectivity index (χ0n) is 22.2. The minimum atomic E-state index is -1.26. The van der Waals surface area contributed by atoms with Crippen LogP contribution in [0.3, 0.4) is 0 Å². The first-order valence-corrected chi connectivity index (χ1v) is 13.3. The van der Waals surface area contributed by atoms with Crippen molar-refractivity contribution in [1.29, 1.82) is 0 Å². The smallest absolute Gasteiger partial charge is 0.243 e. The summed E-state index contributed by atoms with van der Waals surface area (Å²) in [6.07, 6.45) is 0.0542. The lowest BCUT2D eigenvalue weighted by Gasteiger charge is -2.40.